The Labute approximate surface area is 104 Å². The van der Waals surface area contributed by atoms with Gasteiger partial charge in [0.2, 0.25) is 0 Å². The Balaban J connectivity index is 1.86. The molecular formula is C14H14FNS. The molecule has 1 aromatic heterocycles. The highest BCUT2D eigenvalue weighted by Crippen LogP contribution is 2.34. The normalized spacial score (nSPS) is 15.4. The maximum absolute atomic E-state index is 14.3. The number of halogens is 1. The molecule has 1 N–H and O–H groups in total. The van der Waals surface area contributed by atoms with Crippen molar-refractivity contribution in [1.82, 2.24) is 0 Å². The van der Waals surface area contributed by atoms with Crippen LogP contribution in [-0.4, -0.2) is 6.54 Å². The van der Waals surface area contributed by atoms with E-state index in [-0.39, 0.29) is 0 Å². The average molecular weight is 247 g/mol. The van der Waals surface area contributed by atoms with Crippen LogP contribution in [-0.2, 0) is 12.8 Å². The summed E-state index contributed by atoms with van der Waals surface area (Å²) < 4.78 is 14.3. The highest BCUT2D eigenvalue weighted by molar-refractivity contribution is 7.07. The SMILES string of the molecule is FC(Cc1ccsc1)c1cccc2c1NCC2. The fourth-order valence-corrected chi connectivity index (χ4v) is 3.03. The molecule has 17 heavy (non-hydrogen) atoms. The molecule has 3 heteroatoms. The second-order valence-electron chi connectivity index (χ2n) is 4.36. The lowest BCUT2D eigenvalue weighted by atomic mass is 10.00. The molecule has 0 radical (unpaired) electrons. The molecule has 1 atom stereocenters. The minimum absolute atomic E-state index is 0.474. The fourth-order valence-electron chi connectivity index (χ4n) is 2.35. The summed E-state index contributed by atoms with van der Waals surface area (Å²) in [5.41, 5.74) is 4.16. The first kappa shape index (κ1) is 10.8. The minimum atomic E-state index is -0.912. The van der Waals surface area contributed by atoms with Gasteiger partial charge >= 0.3 is 0 Å². The second-order valence-corrected chi connectivity index (χ2v) is 5.14. The van der Waals surface area contributed by atoms with E-state index in [9.17, 15) is 4.39 Å². The van der Waals surface area contributed by atoms with Gasteiger partial charge in [-0.2, -0.15) is 11.3 Å². The van der Waals surface area contributed by atoms with E-state index in [0.29, 0.717) is 6.42 Å². The number of anilines is 1. The number of hydrogen-bond donors (Lipinski definition) is 1. The van der Waals surface area contributed by atoms with Gasteiger partial charge in [-0.3, -0.25) is 0 Å². The van der Waals surface area contributed by atoms with Crippen LogP contribution in [0.15, 0.2) is 35.0 Å². The first-order valence-electron chi connectivity index (χ1n) is 5.85. The fraction of sp³-hybridized carbons (Fsp3) is 0.286. The molecule has 0 fully saturated rings. The molecular weight excluding hydrogens is 233 g/mol. The Morgan fingerprint density at radius 2 is 2.29 bits per heavy atom. The molecule has 0 amide bonds. The summed E-state index contributed by atoms with van der Waals surface area (Å²) in [6, 6.07) is 7.93. The molecule has 0 saturated carbocycles. The van der Waals surface area contributed by atoms with Gasteiger partial charge in [-0.1, -0.05) is 18.2 Å². The number of alkyl halides is 1. The Morgan fingerprint density at radius 3 is 3.12 bits per heavy atom. The Kier molecular flexibility index (Phi) is 2.85. The Bertz CT molecular complexity index is 507. The summed E-state index contributed by atoms with van der Waals surface area (Å²) in [5, 5.41) is 7.30. The largest absolute Gasteiger partial charge is 0.384 e. The molecule has 1 unspecified atom stereocenters. The molecule has 2 heterocycles. The topological polar surface area (TPSA) is 12.0 Å². The van der Waals surface area contributed by atoms with Crippen molar-refractivity contribution in [3.8, 4) is 0 Å². The predicted octanol–water partition coefficient (Wildman–Crippen LogP) is 3.97. The van der Waals surface area contributed by atoms with Crippen molar-refractivity contribution in [3.63, 3.8) is 0 Å². The molecule has 0 spiro atoms. The van der Waals surface area contributed by atoms with Crippen LogP contribution in [0.2, 0.25) is 0 Å². The zero-order chi connectivity index (χ0) is 11.7. The number of thiophene rings is 1. The first-order chi connectivity index (χ1) is 8.34. The van der Waals surface area contributed by atoms with E-state index in [1.54, 1.807) is 11.3 Å². The van der Waals surface area contributed by atoms with Crippen LogP contribution >= 0.6 is 11.3 Å². The van der Waals surface area contributed by atoms with E-state index in [1.807, 2.05) is 29.0 Å². The van der Waals surface area contributed by atoms with E-state index in [1.165, 1.54) is 5.56 Å². The van der Waals surface area contributed by atoms with Crippen molar-refractivity contribution in [2.24, 2.45) is 0 Å². The molecule has 1 nitrogen and oxygen atoms in total. The van der Waals surface area contributed by atoms with E-state index in [0.717, 1.165) is 29.8 Å². The lowest BCUT2D eigenvalue weighted by Crippen LogP contribution is -2.01. The summed E-state index contributed by atoms with van der Waals surface area (Å²) in [5.74, 6) is 0. The van der Waals surface area contributed by atoms with Gasteiger partial charge in [-0.25, -0.2) is 4.39 Å². The van der Waals surface area contributed by atoms with Crippen molar-refractivity contribution >= 4 is 17.0 Å². The molecule has 88 valence electrons. The van der Waals surface area contributed by atoms with Gasteiger partial charge in [0.05, 0.1) is 0 Å². The van der Waals surface area contributed by atoms with Crippen LogP contribution in [0.25, 0.3) is 0 Å². The van der Waals surface area contributed by atoms with E-state index in [2.05, 4.69) is 11.4 Å². The molecule has 1 aliphatic heterocycles. The minimum Gasteiger partial charge on any atom is -0.384 e. The van der Waals surface area contributed by atoms with Gasteiger partial charge in [-0.05, 0) is 34.4 Å². The van der Waals surface area contributed by atoms with E-state index >= 15 is 0 Å². The van der Waals surface area contributed by atoms with Gasteiger partial charge in [0.1, 0.15) is 6.17 Å². The zero-order valence-corrected chi connectivity index (χ0v) is 10.3. The monoisotopic (exact) mass is 247 g/mol. The smallest absolute Gasteiger partial charge is 0.131 e. The number of para-hydroxylation sites is 1. The second kappa shape index (κ2) is 4.49. The van der Waals surface area contributed by atoms with E-state index < -0.39 is 6.17 Å². The summed E-state index contributed by atoms with van der Waals surface area (Å²) in [4.78, 5) is 0. The standard InChI is InChI=1S/C14H14FNS/c15-13(8-10-5-7-17-9-10)12-3-1-2-11-4-6-16-14(11)12/h1-3,5,7,9,13,16H,4,6,8H2. The number of rotatable bonds is 3. The van der Waals surface area contributed by atoms with Gasteiger partial charge in [0, 0.05) is 24.2 Å². The van der Waals surface area contributed by atoms with Crippen LogP contribution in [0.3, 0.4) is 0 Å². The average Bonchev–Trinajstić information content (AvgIpc) is 2.97. The molecule has 3 rings (SSSR count). The predicted molar refractivity (Wildman–Crippen MR) is 70.5 cm³/mol. The maximum Gasteiger partial charge on any atom is 0.131 e. The summed E-state index contributed by atoms with van der Waals surface area (Å²) in [7, 11) is 0. The highest BCUT2D eigenvalue weighted by Gasteiger charge is 2.20. The van der Waals surface area contributed by atoms with E-state index in [4.69, 9.17) is 0 Å². The van der Waals surface area contributed by atoms with Crippen molar-refractivity contribution < 1.29 is 4.39 Å². The molecule has 1 aromatic carbocycles. The van der Waals surface area contributed by atoms with Gasteiger partial charge in [-0.15, -0.1) is 0 Å². The third-order valence-corrected chi connectivity index (χ3v) is 3.94. The molecule has 0 aliphatic carbocycles. The van der Waals surface area contributed by atoms with Crippen molar-refractivity contribution in [3.05, 3.63) is 51.7 Å². The lowest BCUT2D eigenvalue weighted by Gasteiger charge is -2.12. The van der Waals surface area contributed by atoms with Gasteiger partial charge in [0.25, 0.3) is 0 Å². The van der Waals surface area contributed by atoms with Gasteiger partial charge < -0.3 is 5.32 Å². The van der Waals surface area contributed by atoms with Crippen LogP contribution in [0.4, 0.5) is 10.1 Å². The van der Waals surface area contributed by atoms with Crippen LogP contribution < -0.4 is 5.32 Å². The molecule has 0 saturated heterocycles. The zero-order valence-electron chi connectivity index (χ0n) is 9.45. The summed E-state index contributed by atoms with van der Waals surface area (Å²) >= 11 is 1.62. The van der Waals surface area contributed by atoms with Crippen molar-refractivity contribution in [1.29, 1.82) is 0 Å². The lowest BCUT2D eigenvalue weighted by molar-refractivity contribution is 0.343. The number of benzene rings is 1. The first-order valence-corrected chi connectivity index (χ1v) is 6.79. The number of fused-ring (bicyclic) bond motifs is 1. The van der Waals surface area contributed by atoms with Crippen molar-refractivity contribution in [2.75, 3.05) is 11.9 Å². The highest BCUT2D eigenvalue weighted by atomic mass is 32.1. The van der Waals surface area contributed by atoms with Crippen LogP contribution in [0.5, 0.6) is 0 Å². The molecule has 2 aromatic rings. The molecule has 1 aliphatic rings. The maximum atomic E-state index is 14.3. The Hall–Kier alpha value is -1.35. The third kappa shape index (κ3) is 2.07. The van der Waals surface area contributed by atoms with Crippen molar-refractivity contribution in [2.45, 2.75) is 19.0 Å². The van der Waals surface area contributed by atoms with Gasteiger partial charge in [0.15, 0.2) is 0 Å². The number of nitrogens with one attached hydrogen (secondary N) is 1. The summed E-state index contributed by atoms with van der Waals surface area (Å²) in [6.45, 7) is 0.928. The number of hydrogen-bond acceptors (Lipinski definition) is 2. The Morgan fingerprint density at radius 1 is 1.35 bits per heavy atom. The van der Waals surface area contributed by atoms with Crippen LogP contribution in [0, 0.1) is 0 Å². The molecule has 0 bridgehead atoms. The van der Waals surface area contributed by atoms with Crippen LogP contribution in [0.1, 0.15) is 22.9 Å². The third-order valence-electron chi connectivity index (χ3n) is 3.21. The summed E-state index contributed by atoms with van der Waals surface area (Å²) in [6.07, 6.45) is 0.570. The quantitative estimate of drug-likeness (QED) is 0.865.